The van der Waals surface area contributed by atoms with Crippen LogP contribution in [-0.2, 0) is 10.0 Å². The molecule has 4 nitrogen and oxygen atoms in total. The van der Waals surface area contributed by atoms with Gasteiger partial charge in [0.15, 0.2) is 0 Å². The van der Waals surface area contributed by atoms with Crippen molar-refractivity contribution in [2.24, 2.45) is 0 Å². The van der Waals surface area contributed by atoms with Crippen LogP contribution >= 0.6 is 0 Å². The highest BCUT2D eigenvalue weighted by Gasteiger charge is 2.18. The molecule has 0 amide bonds. The lowest BCUT2D eigenvalue weighted by Gasteiger charge is -2.09. The van der Waals surface area contributed by atoms with Gasteiger partial charge in [-0.2, -0.15) is 0 Å². The van der Waals surface area contributed by atoms with Crippen LogP contribution in [0.2, 0.25) is 0 Å². The molecular weight excluding hydrogens is 310 g/mol. The van der Waals surface area contributed by atoms with E-state index in [2.05, 4.69) is 6.58 Å². The molecule has 0 saturated heterocycles. The van der Waals surface area contributed by atoms with Crippen molar-refractivity contribution in [1.82, 2.24) is 3.97 Å². The van der Waals surface area contributed by atoms with Gasteiger partial charge in [0.1, 0.15) is 12.4 Å². The quantitative estimate of drug-likeness (QED) is 0.671. The lowest BCUT2D eigenvalue weighted by atomic mass is 10.2. The Morgan fingerprint density at radius 3 is 2.57 bits per heavy atom. The average molecular weight is 327 g/mol. The van der Waals surface area contributed by atoms with Crippen molar-refractivity contribution in [3.8, 4) is 5.75 Å². The molecule has 0 unspecified atom stereocenters. The van der Waals surface area contributed by atoms with Crippen molar-refractivity contribution >= 4 is 20.9 Å². The molecule has 3 aromatic rings. The lowest BCUT2D eigenvalue weighted by Crippen LogP contribution is -2.11. The first-order chi connectivity index (χ1) is 11.0. The second-order valence-corrected chi connectivity index (χ2v) is 7.06. The Kier molecular flexibility index (Phi) is 3.96. The van der Waals surface area contributed by atoms with Gasteiger partial charge in [0.2, 0.25) is 0 Å². The third-order valence-electron chi connectivity index (χ3n) is 3.57. The minimum Gasteiger partial charge on any atom is -0.490 e. The van der Waals surface area contributed by atoms with Crippen LogP contribution in [0, 0.1) is 6.92 Å². The van der Waals surface area contributed by atoms with Gasteiger partial charge in [0.25, 0.3) is 10.0 Å². The first-order valence-electron chi connectivity index (χ1n) is 7.19. The van der Waals surface area contributed by atoms with Crippen LogP contribution in [0.5, 0.6) is 5.75 Å². The number of fused-ring (bicyclic) bond motifs is 1. The minimum atomic E-state index is -3.61. The van der Waals surface area contributed by atoms with E-state index in [4.69, 9.17) is 4.74 Å². The first-order valence-corrected chi connectivity index (χ1v) is 8.63. The van der Waals surface area contributed by atoms with Gasteiger partial charge in [0, 0.05) is 11.6 Å². The SMILES string of the molecule is C=CCOc1ccc2c(ccn2S(=O)(=O)c2ccc(C)cc2)c1. The van der Waals surface area contributed by atoms with Gasteiger partial charge < -0.3 is 4.74 Å². The topological polar surface area (TPSA) is 48.3 Å². The molecule has 0 aliphatic heterocycles. The molecule has 0 atom stereocenters. The first kappa shape index (κ1) is 15.4. The third-order valence-corrected chi connectivity index (χ3v) is 5.28. The Balaban J connectivity index is 2.06. The summed E-state index contributed by atoms with van der Waals surface area (Å²) in [5, 5.41) is 0.808. The molecule has 0 bridgehead atoms. The van der Waals surface area contributed by atoms with Crippen molar-refractivity contribution < 1.29 is 13.2 Å². The van der Waals surface area contributed by atoms with Crippen molar-refractivity contribution in [2.45, 2.75) is 11.8 Å². The van der Waals surface area contributed by atoms with E-state index in [0.717, 1.165) is 10.9 Å². The van der Waals surface area contributed by atoms with E-state index in [-0.39, 0.29) is 4.90 Å². The van der Waals surface area contributed by atoms with E-state index >= 15 is 0 Å². The van der Waals surface area contributed by atoms with E-state index in [9.17, 15) is 8.42 Å². The molecule has 0 aliphatic carbocycles. The molecule has 3 rings (SSSR count). The molecule has 0 saturated carbocycles. The highest BCUT2D eigenvalue weighted by molar-refractivity contribution is 7.90. The maximum atomic E-state index is 12.8. The molecule has 1 aromatic heterocycles. The predicted octanol–water partition coefficient (Wildman–Crippen LogP) is 3.75. The normalized spacial score (nSPS) is 11.5. The number of aromatic nitrogens is 1. The number of nitrogens with zero attached hydrogens (tertiary/aromatic N) is 1. The highest BCUT2D eigenvalue weighted by Crippen LogP contribution is 2.26. The smallest absolute Gasteiger partial charge is 0.268 e. The van der Waals surface area contributed by atoms with Gasteiger partial charge in [0.05, 0.1) is 10.4 Å². The zero-order valence-corrected chi connectivity index (χ0v) is 13.6. The summed E-state index contributed by atoms with van der Waals surface area (Å²) in [6.07, 6.45) is 3.23. The van der Waals surface area contributed by atoms with Crippen molar-refractivity contribution in [3.05, 3.63) is 72.9 Å². The van der Waals surface area contributed by atoms with Crippen LogP contribution < -0.4 is 4.74 Å². The highest BCUT2D eigenvalue weighted by atomic mass is 32.2. The predicted molar refractivity (Wildman–Crippen MR) is 91.4 cm³/mol. The molecule has 0 N–H and O–H groups in total. The van der Waals surface area contributed by atoms with Crippen LogP contribution in [-0.4, -0.2) is 19.0 Å². The average Bonchev–Trinajstić information content (AvgIpc) is 2.97. The summed E-state index contributed by atoms with van der Waals surface area (Å²) in [6, 6.07) is 13.9. The fraction of sp³-hybridized carbons (Fsp3) is 0.111. The molecule has 2 aromatic carbocycles. The largest absolute Gasteiger partial charge is 0.490 e. The van der Waals surface area contributed by atoms with Crippen LogP contribution in [0.1, 0.15) is 5.56 Å². The number of hydrogen-bond donors (Lipinski definition) is 0. The molecule has 1 heterocycles. The van der Waals surface area contributed by atoms with Gasteiger partial charge in [-0.25, -0.2) is 12.4 Å². The molecule has 5 heteroatoms. The summed E-state index contributed by atoms with van der Waals surface area (Å²) in [6.45, 7) is 5.94. The Hall–Kier alpha value is -2.53. The van der Waals surface area contributed by atoms with Crippen LogP contribution in [0.3, 0.4) is 0 Å². The zero-order valence-electron chi connectivity index (χ0n) is 12.8. The molecule has 23 heavy (non-hydrogen) atoms. The monoisotopic (exact) mass is 327 g/mol. The molecule has 0 fully saturated rings. The fourth-order valence-electron chi connectivity index (χ4n) is 2.37. The summed E-state index contributed by atoms with van der Waals surface area (Å²) < 4.78 is 32.4. The van der Waals surface area contributed by atoms with E-state index in [1.165, 1.54) is 3.97 Å². The zero-order chi connectivity index (χ0) is 16.4. The summed E-state index contributed by atoms with van der Waals surface area (Å²) in [5.41, 5.74) is 1.64. The number of benzene rings is 2. The van der Waals surface area contributed by atoms with Gasteiger partial charge in [-0.05, 0) is 43.3 Å². The third kappa shape index (κ3) is 2.87. The lowest BCUT2D eigenvalue weighted by molar-refractivity contribution is 0.364. The van der Waals surface area contributed by atoms with E-state index in [0.29, 0.717) is 17.9 Å². The summed E-state index contributed by atoms with van der Waals surface area (Å²) >= 11 is 0. The Bertz CT molecular complexity index is 954. The Morgan fingerprint density at radius 2 is 1.87 bits per heavy atom. The number of hydrogen-bond acceptors (Lipinski definition) is 3. The summed E-state index contributed by atoms with van der Waals surface area (Å²) in [5.74, 6) is 0.683. The molecule has 0 aliphatic rings. The standard InChI is InChI=1S/C18H17NO3S/c1-3-12-22-16-6-9-18-15(13-16)10-11-19(18)23(20,21)17-7-4-14(2)5-8-17/h3-11,13H,1,12H2,2H3. The van der Waals surface area contributed by atoms with Crippen molar-refractivity contribution in [2.75, 3.05) is 6.61 Å². The molecule has 0 radical (unpaired) electrons. The second-order valence-electron chi connectivity index (χ2n) is 5.25. The van der Waals surface area contributed by atoms with E-state index < -0.39 is 10.0 Å². The van der Waals surface area contributed by atoms with Gasteiger partial charge in [-0.3, -0.25) is 0 Å². The maximum absolute atomic E-state index is 12.8. The number of rotatable bonds is 5. The van der Waals surface area contributed by atoms with Crippen LogP contribution in [0.25, 0.3) is 10.9 Å². The Morgan fingerprint density at radius 1 is 1.13 bits per heavy atom. The van der Waals surface area contributed by atoms with Crippen LogP contribution in [0.4, 0.5) is 0 Å². The van der Waals surface area contributed by atoms with Crippen LogP contribution in [0.15, 0.2) is 72.3 Å². The fourth-order valence-corrected chi connectivity index (χ4v) is 3.73. The van der Waals surface area contributed by atoms with Gasteiger partial charge >= 0.3 is 0 Å². The maximum Gasteiger partial charge on any atom is 0.268 e. The molecule has 0 spiro atoms. The minimum absolute atomic E-state index is 0.271. The summed E-state index contributed by atoms with van der Waals surface area (Å²) in [4.78, 5) is 0.271. The number of aryl methyl sites for hydroxylation is 1. The summed E-state index contributed by atoms with van der Waals surface area (Å²) in [7, 11) is -3.61. The van der Waals surface area contributed by atoms with Gasteiger partial charge in [-0.15, -0.1) is 0 Å². The van der Waals surface area contributed by atoms with Crippen molar-refractivity contribution in [3.63, 3.8) is 0 Å². The van der Waals surface area contributed by atoms with E-state index in [1.54, 1.807) is 54.7 Å². The Labute approximate surface area is 135 Å². The second kappa shape index (κ2) is 5.93. The van der Waals surface area contributed by atoms with E-state index in [1.807, 2.05) is 13.0 Å². The van der Waals surface area contributed by atoms with Crippen molar-refractivity contribution in [1.29, 1.82) is 0 Å². The molecular formula is C18H17NO3S. The van der Waals surface area contributed by atoms with Gasteiger partial charge in [-0.1, -0.05) is 30.4 Å². The molecule has 118 valence electrons. The number of ether oxygens (including phenoxy) is 1.